The largest absolute Gasteiger partial charge is 0.601 e. The fraction of sp³-hybridized carbons (Fsp3) is 0.455. The van der Waals surface area contributed by atoms with Gasteiger partial charge in [-0.2, -0.15) is 0 Å². The molecule has 0 amide bonds. The number of anilines is 1. The number of nitrogen functional groups attached to an aromatic ring is 1. The summed E-state index contributed by atoms with van der Waals surface area (Å²) < 4.78 is 53.6. The molecule has 3 unspecified atom stereocenters. The molecule has 6 fully saturated rings. The Morgan fingerprint density at radius 3 is 2.76 bits per heavy atom. The molecule has 25 heavy (non-hydrogen) atoms. The van der Waals surface area contributed by atoms with Crippen molar-refractivity contribution in [3.05, 3.63) is 17.3 Å². The van der Waals surface area contributed by atoms with Crippen molar-refractivity contribution in [2.24, 2.45) is 0 Å². The van der Waals surface area contributed by atoms with Crippen molar-refractivity contribution in [3.8, 4) is 0 Å². The molecule has 0 saturated carbocycles. The first-order valence-electron chi connectivity index (χ1n) is 7.22. The summed E-state index contributed by atoms with van der Waals surface area (Å²) in [6, 6.07) is 1.37. The molecule has 0 radical (unpaired) electrons. The van der Waals surface area contributed by atoms with E-state index in [1.54, 1.807) is 0 Å². The molecule has 3 N–H and O–H groups in total. The predicted molar refractivity (Wildman–Crippen MR) is 77.6 cm³/mol. The lowest BCUT2D eigenvalue weighted by molar-refractivity contribution is -0.254. The van der Waals surface area contributed by atoms with Gasteiger partial charge in [0.05, 0.1) is 11.3 Å². The number of ether oxygens (including phenoxy) is 1. The molecule has 1 aromatic rings. The maximum absolute atomic E-state index is 13.5. The molecule has 1 aromatic heterocycles. The van der Waals surface area contributed by atoms with Gasteiger partial charge in [-0.25, -0.2) is 9.09 Å². The van der Waals surface area contributed by atoms with Gasteiger partial charge in [0.2, 0.25) is 17.8 Å². The quantitative estimate of drug-likeness (QED) is 0.524. The van der Waals surface area contributed by atoms with Gasteiger partial charge >= 0.3 is 13.3 Å². The molecule has 7 atom stereocenters. The van der Waals surface area contributed by atoms with Crippen LogP contribution in [0.5, 0.6) is 0 Å². The van der Waals surface area contributed by atoms with Crippen molar-refractivity contribution < 1.29 is 41.6 Å². The van der Waals surface area contributed by atoms with Crippen molar-refractivity contribution in [1.29, 1.82) is 0 Å². The van der Waals surface area contributed by atoms with Crippen molar-refractivity contribution in [2.45, 2.75) is 28.7 Å². The number of hydrogen-bond donors (Lipinski definition) is 2. The second-order valence-electron chi connectivity index (χ2n) is 6.70. The first-order valence-corrected chi connectivity index (χ1v) is 11.6. The van der Waals surface area contributed by atoms with Crippen LogP contribution in [0.4, 0.5) is 5.82 Å². The molecule has 3 spiro atoms. The number of Topliss-reactive ketones (excluding diaryl/α,β-unsaturated/α-hetero) is 1. The fourth-order valence-corrected chi connectivity index (χ4v) is 15.2. The van der Waals surface area contributed by atoms with E-state index < -0.39 is 44.8 Å². The number of carbonyl (C=O) groups excluding carboxylic acids is 1. The summed E-state index contributed by atoms with van der Waals surface area (Å²) in [7, 11) is -10.1. The van der Waals surface area contributed by atoms with Crippen LogP contribution in [0.2, 0.25) is 0 Å². The third-order valence-electron chi connectivity index (χ3n) is 5.82. The highest BCUT2D eigenvalue weighted by molar-refractivity contribution is 7.90. The van der Waals surface area contributed by atoms with E-state index in [0.717, 1.165) is 0 Å². The van der Waals surface area contributed by atoms with E-state index in [0.29, 0.717) is 0 Å². The Bertz CT molecular complexity index is 1140. The van der Waals surface area contributed by atoms with Gasteiger partial charge in [0.15, 0.2) is 5.78 Å². The molecular weight excluding hydrogens is 397 g/mol. The molecule has 7 aliphatic heterocycles. The van der Waals surface area contributed by atoms with Crippen LogP contribution in [-0.2, 0) is 37.7 Å². The molecule has 0 aliphatic carbocycles. The standard InChI is InChI=1S/C11H7N2O9P3/c1-3(14)5-2-4(6(12)13-5)8-10-11-9(19-8,24(10,11)16)7(23(15)20-8)18-25(17,21-10)22-11/h2,13H,12H2,1H3/t8-,9-,10-,11-,24?,25?/m0/s1. The predicted octanol–water partition coefficient (Wildman–Crippen LogP) is 0.479. The lowest BCUT2D eigenvalue weighted by Crippen LogP contribution is -2.44. The number of phosphoric ester groups is 1. The van der Waals surface area contributed by atoms with Crippen LogP contribution in [0.25, 0.3) is 0 Å². The lowest BCUT2D eigenvalue weighted by atomic mass is 9.98. The minimum absolute atomic E-state index is 0.00305. The molecule has 6 saturated heterocycles. The maximum Gasteiger partial charge on any atom is 0.485 e. The molecule has 14 heteroatoms. The number of aromatic amines is 1. The van der Waals surface area contributed by atoms with Gasteiger partial charge in [-0.05, 0) is 6.07 Å². The highest BCUT2D eigenvalue weighted by Gasteiger charge is 3.35. The average molecular weight is 404 g/mol. The third kappa shape index (κ3) is 0.868. The smallest absolute Gasteiger partial charge is 0.485 e. The number of rotatable bonds is 2. The van der Waals surface area contributed by atoms with Gasteiger partial charge in [0.1, 0.15) is 5.82 Å². The second-order valence-corrected chi connectivity index (χ2v) is 12.4. The van der Waals surface area contributed by atoms with Crippen LogP contribution < -0.4 is 10.6 Å². The fourth-order valence-electron chi connectivity index (χ4n) is 4.93. The van der Waals surface area contributed by atoms with E-state index >= 15 is 0 Å². The van der Waals surface area contributed by atoms with Crippen molar-refractivity contribution in [3.63, 3.8) is 0 Å². The number of carbonyl (C=O) groups is 1. The van der Waals surface area contributed by atoms with Gasteiger partial charge < -0.3 is 24.9 Å². The Morgan fingerprint density at radius 2 is 2.08 bits per heavy atom. The molecule has 130 valence electrons. The van der Waals surface area contributed by atoms with E-state index in [2.05, 4.69) is 4.98 Å². The van der Waals surface area contributed by atoms with Gasteiger partial charge in [-0.3, -0.25) is 13.8 Å². The summed E-state index contributed by atoms with van der Waals surface area (Å²) in [4.78, 5) is 26.9. The molecule has 8 rings (SSSR count). The molecule has 5 bridgehead atoms. The third-order valence-corrected chi connectivity index (χ3v) is 13.2. The van der Waals surface area contributed by atoms with Crippen LogP contribution >= 0.6 is 23.0 Å². The minimum atomic E-state index is -4.06. The zero-order chi connectivity index (χ0) is 17.4. The Labute approximate surface area is 139 Å². The van der Waals surface area contributed by atoms with E-state index in [-0.39, 0.29) is 28.3 Å². The molecule has 11 nitrogen and oxygen atoms in total. The highest BCUT2D eigenvalue weighted by Crippen LogP contribution is 3.27. The van der Waals surface area contributed by atoms with Crippen LogP contribution in [0.15, 0.2) is 6.07 Å². The topological polar surface area (TPSA) is 162 Å². The molecule has 7 aliphatic rings. The summed E-state index contributed by atoms with van der Waals surface area (Å²) in [5.74, 6) is -2.25. The Morgan fingerprint density at radius 1 is 1.36 bits per heavy atom. The molecule has 8 heterocycles. The van der Waals surface area contributed by atoms with Crippen LogP contribution in [0.1, 0.15) is 23.0 Å². The van der Waals surface area contributed by atoms with Gasteiger partial charge in [-0.15, -0.1) is 4.52 Å². The van der Waals surface area contributed by atoms with Crippen molar-refractivity contribution >= 4 is 40.0 Å². The van der Waals surface area contributed by atoms with Gasteiger partial charge in [-0.1, -0.05) is 0 Å². The van der Waals surface area contributed by atoms with Crippen LogP contribution in [-0.4, -0.2) is 32.3 Å². The summed E-state index contributed by atoms with van der Waals surface area (Å²) in [6.07, 6.45) is 0. The second kappa shape index (κ2) is 3.14. The van der Waals surface area contributed by atoms with Gasteiger partial charge in [0, 0.05) is 6.92 Å². The van der Waals surface area contributed by atoms with Crippen molar-refractivity contribution in [2.75, 3.05) is 5.73 Å². The Balaban J connectivity index is 1.58. The summed E-state index contributed by atoms with van der Waals surface area (Å²) in [6.45, 7) is 1.32. The zero-order valence-electron chi connectivity index (χ0n) is 12.2. The van der Waals surface area contributed by atoms with E-state index in [1.807, 2.05) is 0 Å². The normalized spacial score (nSPS) is 59.3. The van der Waals surface area contributed by atoms with Crippen LogP contribution in [0, 0.1) is 0 Å². The van der Waals surface area contributed by atoms with Crippen molar-refractivity contribution in [1.82, 2.24) is 4.98 Å². The number of H-pyrrole nitrogens is 1. The average Bonchev–Trinajstić information content (AvgIpc) is 2.94. The summed E-state index contributed by atoms with van der Waals surface area (Å²) >= 11 is 0. The first-order chi connectivity index (χ1) is 11.7. The Kier molecular flexibility index (Phi) is 1.78. The van der Waals surface area contributed by atoms with E-state index in [9.17, 15) is 18.8 Å². The number of phosphoric acid groups is 1. The summed E-state index contributed by atoms with van der Waals surface area (Å²) in [5.41, 5.74) is 5.95. The maximum atomic E-state index is 13.5. The minimum Gasteiger partial charge on any atom is -0.601 e. The number of aromatic nitrogens is 1. The lowest BCUT2D eigenvalue weighted by Gasteiger charge is -2.33. The first kappa shape index (κ1) is 14.2. The number of ketones is 1. The van der Waals surface area contributed by atoms with Crippen LogP contribution in [0.3, 0.4) is 0 Å². The monoisotopic (exact) mass is 404 g/mol. The number of nitrogens with one attached hydrogen (secondary N) is 1. The zero-order valence-corrected chi connectivity index (χ0v) is 14.9. The van der Waals surface area contributed by atoms with E-state index in [1.165, 1.54) is 13.0 Å². The van der Waals surface area contributed by atoms with E-state index in [4.69, 9.17) is 28.6 Å². The number of fused-ring (bicyclic) bond motifs is 1. The highest BCUT2D eigenvalue weighted by atomic mass is 31.2. The molecular formula is C11H7N2O9P3. The Hall–Kier alpha value is -0.860. The SMILES string of the molecule is CC(=O)c1cc([C@]23O[P+]([O-])=C4OP5(=O)O[C@@]26[C@]2(O5)[C@@]4(O3)P62=O)c(N)[nH]1. The van der Waals surface area contributed by atoms with Gasteiger partial charge in [0.25, 0.3) is 19.1 Å². The number of nitrogens with two attached hydrogens (primary N) is 1. The number of hydrogen-bond acceptors (Lipinski definition) is 10. The molecule has 0 aromatic carbocycles. The summed E-state index contributed by atoms with van der Waals surface area (Å²) in [5, 5.41) is -4.80.